The fourth-order valence-corrected chi connectivity index (χ4v) is 3.66. The van der Waals surface area contributed by atoms with Crippen molar-refractivity contribution in [1.29, 1.82) is 0 Å². The first-order valence-electron chi connectivity index (χ1n) is 10.4. The van der Waals surface area contributed by atoms with E-state index in [-0.39, 0.29) is 5.41 Å². The van der Waals surface area contributed by atoms with E-state index in [1.165, 1.54) is 16.7 Å². The minimum Gasteiger partial charge on any atom is -0.487 e. The van der Waals surface area contributed by atoms with Crippen LogP contribution in [-0.4, -0.2) is 15.1 Å². The summed E-state index contributed by atoms with van der Waals surface area (Å²) in [7, 11) is 0. The van der Waals surface area contributed by atoms with Crippen molar-refractivity contribution in [2.45, 2.75) is 46.6 Å². The van der Waals surface area contributed by atoms with Crippen LogP contribution in [0.4, 0.5) is 0 Å². The van der Waals surface area contributed by atoms with E-state index in [2.05, 4.69) is 72.3 Å². The van der Waals surface area contributed by atoms with E-state index in [1.54, 1.807) is 6.20 Å². The van der Waals surface area contributed by atoms with Gasteiger partial charge in [0.2, 0.25) is 0 Å². The molecule has 0 radical (unpaired) electrons. The van der Waals surface area contributed by atoms with Crippen LogP contribution in [0.15, 0.2) is 65.3 Å². The summed E-state index contributed by atoms with van der Waals surface area (Å²) in [5.41, 5.74) is 6.14. The fourth-order valence-electron chi connectivity index (χ4n) is 3.66. The van der Waals surface area contributed by atoms with E-state index in [1.807, 2.05) is 32.0 Å². The molecule has 158 valence electrons. The predicted molar refractivity (Wildman–Crippen MR) is 121 cm³/mol. The lowest BCUT2D eigenvalue weighted by Gasteiger charge is -2.26. The van der Waals surface area contributed by atoms with Gasteiger partial charge in [-0.3, -0.25) is 0 Å². The smallest absolute Gasteiger partial charge is 0.165 e. The zero-order valence-electron chi connectivity index (χ0n) is 18.6. The molecule has 0 aliphatic heterocycles. The molecule has 2 aromatic heterocycles. The fraction of sp³-hybridized carbons (Fsp3) is 0.269. The van der Waals surface area contributed by atoms with Crippen LogP contribution < -0.4 is 4.74 Å². The Kier molecular flexibility index (Phi) is 5.59. The first-order valence-corrected chi connectivity index (χ1v) is 10.4. The van der Waals surface area contributed by atoms with E-state index < -0.39 is 0 Å². The molecule has 31 heavy (non-hydrogen) atoms. The highest BCUT2D eigenvalue weighted by molar-refractivity contribution is 5.59. The lowest BCUT2D eigenvalue weighted by atomic mass is 9.78. The highest BCUT2D eigenvalue weighted by Crippen LogP contribution is 2.32. The molecule has 0 amide bonds. The second-order valence-corrected chi connectivity index (χ2v) is 8.37. The van der Waals surface area contributed by atoms with Crippen LogP contribution in [0.2, 0.25) is 0 Å². The minimum absolute atomic E-state index is 0.0812. The highest BCUT2D eigenvalue weighted by Gasteiger charge is 2.23. The highest BCUT2D eigenvalue weighted by atomic mass is 16.5. The summed E-state index contributed by atoms with van der Waals surface area (Å²) in [5, 5.41) is 3.98. The Morgan fingerprint density at radius 1 is 0.871 bits per heavy atom. The topological polar surface area (TPSA) is 61.0 Å². The van der Waals surface area contributed by atoms with Gasteiger partial charge in [0.25, 0.3) is 0 Å². The Bertz CT molecular complexity index is 1160. The number of aryl methyl sites for hydroxylation is 3. The maximum atomic E-state index is 5.98. The quantitative estimate of drug-likeness (QED) is 0.390. The minimum atomic E-state index is -0.0812. The summed E-state index contributed by atoms with van der Waals surface area (Å²) in [4.78, 5) is 8.98. The molecular formula is C26H27N3O2. The molecule has 0 unspecified atom stereocenters. The number of aromatic nitrogens is 3. The number of hydrogen-bond acceptors (Lipinski definition) is 5. The molecule has 2 aromatic carbocycles. The third kappa shape index (κ3) is 4.36. The molecule has 5 nitrogen and oxygen atoms in total. The van der Waals surface area contributed by atoms with E-state index >= 15 is 0 Å². The van der Waals surface area contributed by atoms with Crippen molar-refractivity contribution in [3.8, 4) is 17.1 Å². The molecule has 2 heterocycles. The van der Waals surface area contributed by atoms with E-state index in [9.17, 15) is 0 Å². The van der Waals surface area contributed by atoms with Gasteiger partial charge in [0.15, 0.2) is 5.82 Å². The van der Waals surface area contributed by atoms with E-state index in [4.69, 9.17) is 9.26 Å². The molecule has 0 aliphatic rings. The van der Waals surface area contributed by atoms with Crippen LogP contribution in [0.5, 0.6) is 5.75 Å². The van der Waals surface area contributed by atoms with Crippen molar-refractivity contribution in [1.82, 2.24) is 15.1 Å². The maximum absolute atomic E-state index is 5.98. The number of hydrogen-bond donors (Lipinski definition) is 0. The standard InChI is InChI=1S/C26H27N3O2/c1-17-6-8-20(9-7-17)26(4,5)21-10-12-23(13-11-21)30-16-22-14-15-27-25(28-22)24-18(2)29-31-19(24)3/h6-15H,16H2,1-5H3. The zero-order valence-corrected chi connectivity index (χ0v) is 18.6. The molecular weight excluding hydrogens is 386 g/mol. The number of rotatable bonds is 6. The first kappa shape index (κ1) is 20.8. The van der Waals surface area contributed by atoms with E-state index in [0.717, 1.165) is 22.7 Å². The summed E-state index contributed by atoms with van der Waals surface area (Å²) in [6.07, 6.45) is 1.74. The van der Waals surface area contributed by atoms with Crippen LogP contribution in [-0.2, 0) is 12.0 Å². The van der Waals surface area contributed by atoms with Crippen LogP contribution in [0.1, 0.15) is 47.7 Å². The van der Waals surface area contributed by atoms with E-state index in [0.29, 0.717) is 18.2 Å². The van der Waals surface area contributed by atoms with Crippen LogP contribution in [0, 0.1) is 20.8 Å². The van der Waals surface area contributed by atoms with Gasteiger partial charge in [-0.1, -0.05) is 61.0 Å². The largest absolute Gasteiger partial charge is 0.487 e. The van der Waals surface area contributed by atoms with Crippen molar-refractivity contribution in [2.24, 2.45) is 0 Å². The zero-order chi connectivity index (χ0) is 22.0. The number of nitrogens with zero attached hydrogens (tertiary/aromatic N) is 3. The maximum Gasteiger partial charge on any atom is 0.165 e. The van der Waals surface area contributed by atoms with Crippen LogP contribution in [0.25, 0.3) is 11.4 Å². The monoisotopic (exact) mass is 413 g/mol. The third-order valence-electron chi connectivity index (χ3n) is 5.71. The average molecular weight is 414 g/mol. The van der Waals surface area contributed by atoms with Crippen molar-refractivity contribution < 1.29 is 9.26 Å². The van der Waals surface area contributed by atoms with Gasteiger partial charge in [-0.05, 0) is 50.1 Å². The Morgan fingerprint density at radius 3 is 2.13 bits per heavy atom. The second kappa shape index (κ2) is 8.34. The molecule has 0 saturated carbocycles. The van der Waals surface area contributed by atoms with Crippen molar-refractivity contribution in [3.05, 3.63) is 94.6 Å². The molecule has 0 atom stereocenters. The molecule has 0 spiro atoms. The van der Waals surface area contributed by atoms with Crippen LogP contribution >= 0.6 is 0 Å². The lowest BCUT2D eigenvalue weighted by molar-refractivity contribution is 0.301. The van der Waals surface area contributed by atoms with Gasteiger partial charge in [-0.25, -0.2) is 9.97 Å². The van der Waals surface area contributed by atoms with Gasteiger partial charge < -0.3 is 9.26 Å². The molecule has 4 aromatic rings. The SMILES string of the molecule is Cc1ccc(C(C)(C)c2ccc(OCc3ccnc(-c4c(C)noc4C)n3)cc2)cc1. The Labute approximate surface area is 183 Å². The molecule has 0 bridgehead atoms. The summed E-state index contributed by atoms with van der Waals surface area (Å²) in [6, 6.07) is 18.9. The van der Waals surface area contributed by atoms with Gasteiger partial charge in [-0.15, -0.1) is 0 Å². The number of benzene rings is 2. The van der Waals surface area contributed by atoms with Crippen LogP contribution in [0.3, 0.4) is 0 Å². The Morgan fingerprint density at radius 2 is 1.52 bits per heavy atom. The van der Waals surface area contributed by atoms with Gasteiger partial charge in [0.1, 0.15) is 18.1 Å². The van der Waals surface area contributed by atoms with Gasteiger partial charge in [0.05, 0.1) is 17.0 Å². The molecule has 0 aliphatic carbocycles. The van der Waals surface area contributed by atoms with Gasteiger partial charge in [-0.2, -0.15) is 0 Å². The molecule has 0 saturated heterocycles. The second-order valence-electron chi connectivity index (χ2n) is 8.37. The Hall–Kier alpha value is -3.47. The molecule has 4 rings (SSSR count). The summed E-state index contributed by atoms with van der Waals surface area (Å²) in [5.74, 6) is 2.12. The summed E-state index contributed by atoms with van der Waals surface area (Å²) in [6.45, 7) is 10.7. The van der Waals surface area contributed by atoms with Crippen molar-refractivity contribution in [3.63, 3.8) is 0 Å². The summed E-state index contributed by atoms with van der Waals surface area (Å²) >= 11 is 0. The normalized spacial score (nSPS) is 11.5. The predicted octanol–water partition coefficient (Wildman–Crippen LogP) is 5.96. The molecule has 0 fully saturated rings. The van der Waals surface area contributed by atoms with Gasteiger partial charge in [0, 0.05) is 11.6 Å². The van der Waals surface area contributed by atoms with Crippen molar-refractivity contribution in [2.75, 3.05) is 0 Å². The Balaban J connectivity index is 1.47. The molecule has 5 heteroatoms. The first-order chi connectivity index (χ1) is 14.8. The van der Waals surface area contributed by atoms with Gasteiger partial charge >= 0.3 is 0 Å². The number of ether oxygens (including phenoxy) is 1. The average Bonchev–Trinajstić information content (AvgIpc) is 3.11. The van der Waals surface area contributed by atoms with Crippen molar-refractivity contribution >= 4 is 0 Å². The lowest BCUT2D eigenvalue weighted by Crippen LogP contribution is -2.18. The molecule has 0 N–H and O–H groups in total. The third-order valence-corrected chi connectivity index (χ3v) is 5.71. The summed E-state index contributed by atoms with van der Waals surface area (Å²) < 4.78 is 11.2.